The highest BCUT2D eigenvalue weighted by molar-refractivity contribution is 6.35. The van der Waals surface area contributed by atoms with Crippen molar-refractivity contribution in [2.45, 2.75) is 58.9 Å². The maximum Gasteiger partial charge on any atom is 0.329 e. The van der Waals surface area contributed by atoms with Gasteiger partial charge in [0.2, 0.25) is 0 Å². The van der Waals surface area contributed by atoms with E-state index in [9.17, 15) is 9.59 Å². The van der Waals surface area contributed by atoms with Gasteiger partial charge in [0, 0.05) is 28.7 Å². The summed E-state index contributed by atoms with van der Waals surface area (Å²) in [6.07, 6.45) is 6.86. The molecule has 1 heterocycles. The first-order chi connectivity index (χ1) is 13.5. The van der Waals surface area contributed by atoms with E-state index in [-0.39, 0.29) is 6.04 Å². The lowest BCUT2D eigenvalue weighted by Gasteiger charge is -2.22. The van der Waals surface area contributed by atoms with Crippen molar-refractivity contribution in [2.24, 2.45) is 5.10 Å². The SMILES string of the molecule is Cc1ccccc1-n1c(C)cc(/C=N\NC(=O)C(=O)NC2CCCCC2)c1C. The molecule has 148 valence electrons. The number of nitrogens with one attached hydrogen (secondary N) is 2. The Kier molecular flexibility index (Phi) is 6.29. The highest BCUT2D eigenvalue weighted by Crippen LogP contribution is 2.22. The van der Waals surface area contributed by atoms with E-state index >= 15 is 0 Å². The van der Waals surface area contributed by atoms with Crippen LogP contribution in [-0.2, 0) is 9.59 Å². The summed E-state index contributed by atoms with van der Waals surface area (Å²) in [5, 5.41) is 6.78. The molecule has 0 atom stereocenters. The highest BCUT2D eigenvalue weighted by Gasteiger charge is 2.20. The number of carbonyl (C=O) groups excluding carboxylic acids is 2. The first kappa shape index (κ1) is 19.9. The van der Waals surface area contributed by atoms with Crippen LogP contribution in [0.5, 0.6) is 0 Å². The van der Waals surface area contributed by atoms with Crippen molar-refractivity contribution >= 4 is 18.0 Å². The van der Waals surface area contributed by atoms with Gasteiger partial charge in [-0.1, -0.05) is 37.5 Å². The average Bonchev–Trinajstić information content (AvgIpc) is 2.96. The summed E-state index contributed by atoms with van der Waals surface area (Å²) in [6.45, 7) is 6.12. The van der Waals surface area contributed by atoms with Gasteiger partial charge in [-0.2, -0.15) is 5.10 Å². The van der Waals surface area contributed by atoms with E-state index in [4.69, 9.17) is 0 Å². The second-order valence-electron chi connectivity index (χ2n) is 7.46. The van der Waals surface area contributed by atoms with E-state index in [1.54, 1.807) is 6.21 Å². The van der Waals surface area contributed by atoms with Crippen LogP contribution in [0, 0.1) is 20.8 Å². The van der Waals surface area contributed by atoms with Gasteiger partial charge in [-0.25, -0.2) is 5.43 Å². The van der Waals surface area contributed by atoms with Crippen molar-refractivity contribution < 1.29 is 9.59 Å². The quantitative estimate of drug-likeness (QED) is 0.485. The topological polar surface area (TPSA) is 75.5 Å². The van der Waals surface area contributed by atoms with Crippen LogP contribution < -0.4 is 10.7 Å². The molecule has 1 saturated carbocycles. The Morgan fingerprint density at radius 3 is 2.50 bits per heavy atom. The highest BCUT2D eigenvalue weighted by atomic mass is 16.2. The largest absolute Gasteiger partial charge is 0.345 e. The van der Waals surface area contributed by atoms with E-state index in [2.05, 4.69) is 39.5 Å². The van der Waals surface area contributed by atoms with Crippen molar-refractivity contribution in [1.29, 1.82) is 0 Å². The molecule has 6 heteroatoms. The van der Waals surface area contributed by atoms with Crippen LogP contribution in [0.4, 0.5) is 0 Å². The van der Waals surface area contributed by atoms with E-state index in [0.717, 1.165) is 48.3 Å². The molecule has 1 aliphatic rings. The van der Waals surface area contributed by atoms with Gasteiger partial charge in [-0.05, 0) is 51.3 Å². The summed E-state index contributed by atoms with van der Waals surface area (Å²) in [5.74, 6) is -1.34. The van der Waals surface area contributed by atoms with E-state index in [1.165, 1.54) is 12.0 Å². The first-order valence-electron chi connectivity index (χ1n) is 9.86. The number of carbonyl (C=O) groups is 2. The molecule has 0 saturated heterocycles. The van der Waals surface area contributed by atoms with Crippen molar-refractivity contribution in [3.63, 3.8) is 0 Å². The van der Waals surface area contributed by atoms with Gasteiger partial charge in [-0.3, -0.25) is 9.59 Å². The lowest BCUT2D eigenvalue weighted by atomic mass is 9.95. The van der Waals surface area contributed by atoms with Gasteiger partial charge >= 0.3 is 11.8 Å². The molecule has 1 aromatic carbocycles. The molecular formula is C22H28N4O2. The normalized spacial score (nSPS) is 15.0. The number of hydrogen-bond donors (Lipinski definition) is 2. The van der Waals surface area contributed by atoms with Gasteiger partial charge in [-0.15, -0.1) is 0 Å². The molecule has 3 rings (SSSR count). The molecule has 0 unspecified atom stereocenters. The number of aryl methyl sites for hydroxylation is 2. The molecule has 0 bridgehead atoms. The first-order valence-corrected chi connectivity index (χ1v) is 9.86. The van der Waals surface area contributed by atoms with Crippen molar-refractivity contribution in [3.05, 3.63) is 52.8 Å². The van der Waals surface area contributed by atoms with Crippen LogP contribution in [0.2, 0.25) is 0 Å². The fourth-order valence-electron chi connectivity index (χ4n) is 3.81. The summed E-state index contributed by atoms with van der Waals surface area (Å²) in [4.78, 5) is 24.0. The zero-order valence-electron chi connectivity index (χ0n) is 16.8. The van der Waals surface area contributed by atoms with Gasteiger partial charge in [0.15, 0.2) is 0 Å². The second kappa shape index (κ2) is 8.87. The number of nitrogens with zero attached hydrogens (tertiary/aromatic N) is 2. The van der Waals surface area contributed by atoms with Crippen molar-refractivity contribution in [2.75, 3.05) is 0 Å². The van der Waals surface area contributed by atoms with Crippen molar-refractivity contribution in [3.8, 4) is 5.69 Å². The zero-order chi connectivity index (χ0) is 20.1. The zero-order valence-corrected chi connectivity index (χ0v) is 16.8. The summed E-state index contributed by atoms with van der Waals surface area (Å²) in [5.41, 5.74) is 7.64. The molecule has 1 aromatic heterocycles. The summed E-state index contributed by atoms with van der Waals surface area (Å²) < 4.78 is 2.16. The van der Waals surface area contributed by atoms with Crippen molar-refractivity contribution in [1.82, 2.24) is 15.3 Å². The fraction of sp³-hybridized carbons (Fsp3) is 0.409. The number of benzene rings is 1. The monoisotopic (exact) mass is 380 g/mol. The van der Waals surface area contributed by atoms with Gasteiger partial charge in [0.25, 0.3) is 0 Å². The lowest BCUT2D eigenvalue weighted by molar-refractivity contribution is -0.139. The van der Waals surface area contributed by atoms with E-state index in [1.807, 2.05) is 32.0 Å². The average molecular weight is 380 g/mol. The fourth-order valence-corrected chi connectivity index (χ4v) is 3.81. The molecular weight excluding hydrogens is 352 g/mol. The Labute approximate surface area is 166 Å². The minimum Gasteiger partial charge on any atom is -0.345 e. The predicted octanol–water partition coefficient (Wildman–Crippen LogP) is 3.30. The summed E-state index contributed by atoms with van der Waals surface area (Å²) in [7, 11) is 0. The number of rotatable bonds is 4. The van der Waals surface area contributed by atoms with Gasteiger partial charge < -0.3 is 9.88 Å². The molecule has 0 spiro atoms. The summed E-state index contributed by atoms with van der Waals surface area (Å²) >= 11 is 0. The molecule has 2 aromatic rings. The van der Waals surface area contributed by atoms with Gasteiger partial charge in [0.1, 0.15) is 0 Å². The Morgan fingerprint density at radius 2 is 1.79 bits per heavy atom. The molecule has 2 N–H and O–H groups in total. The molecule has 1 fully saturated rings. The smallest absolute Gasteiger partial charge is 0.329 e. The third-order valence-corrected chi connectivity index (χ3v) is 5.34. The number of hydrogen-bond acceptors (Lipinski definition) is 3. The Balaban J connectivity index is 1.64. The minimum absolute atomic E-state index is 0.101. The number of amides is 2. The van der Waals surface area contributed by atoms with Crippen LogP contribution in [0.3, 0.4) is 0 Å². The maximum atomic E-state index is 12.0. The Bertz CT molecular complexity index is 892. The number of aromatic nitrogens is 1. The van der Waals surface area contributed by atoms with Crippen LogP contribution in [0.25, 0.3) is 5.69 Å². The standard InChI is InChI=1S/C22H28N4O2/c1-15-9-7-8-12-20(15)26-16(2)13-18(17(26)3)14-23-25-22(28)21(27)24-19-10-5-4-6-11-19/h7-9,12-14,19H,4-6,10-11H2,1-3H3,(H,24,27)(H,25,28)/b23-14-. The molecule has 0 aliphatic heterocycles. The predicted molar refractivity (Wildman–Crippen MR) is 111 cm³/mol. The number of para-hydroxylation sites is 1. The molecule has 1 aliphatic carbocycles. The van der Waals surface area contributed by atoms with Gasteiger partial charge in [0.05, 0.1) is 6.21 Å². The molecule has 28 heavy (non-hydrogen) atoms. The second-order valence-corrected chi connectivity index (χ2v) is 7.46. The van der Waals surface area contributed by atoms with E-state index in [0.29, 0.717) is 0 Å². The Hall–Kier alpha value is -2.89. The van der Waals surface area contributed by atoms with Crippen LogP contribution in [-0.4, -0.2) is 28.6 Å². The minimum atomic E-state index is -0.727. The maximum absolute atomic E-state index is 12.0. The van der Waals surface area contributed by atoms with Crippen LogP contribution in [0.15, 0.2) is 35.4 Å². The van der Waals surface area contributed by atoms with Crippen LogP contribution >= 0.6 is 0 Å². The lowest BCUT2D eigenvalue weighted by Crippen LogP contribution is -2.44. The Morgan fingerprint density at radius 1 is 1.07 bits per heavy atom. The van der Waals surface area contributed by atoms with E-state index < -0.39 is 11.8 Å². The molecule has 2 amide bonds. The molecule has 0 radical (unpaired) electrons. The third-order valence-electron chi connectivity index (χ3n) is 5.34. The third kappa shape index (κ3) is 4.50. The molecule has 6 nitrogen and oxygen atoms in total. The van der Waals surface area contributed by atoms with Crippen LogP contribution in [0.1, 0.15) is 54.6 Å². The summed E-state index contributed by atoms with van der Waals surface area (Å²) in [6, 6.07) is 10.3. The number of hydrazone groups is 1.